The highest BCUT2D eigenvalue weighted by Gasteiger charge is 2.08. The lowest BCUT2D eigenvalue weighted by Gasteiger charge is -2.19. The molecule has 0 spiro atoms. The molecule has 24 heavy (non-hydrogen) atoms. The van der Waals surface area contributed by atoms with E-state index in [1.165, 1.54) is 5.69 Å². The van der Waals surface area contributed by atoms with Gasteiger partial charge in [-0.3, -0.25) is 4.79 Å². The number of carbonyl (C=O) groups excluding carboxylic acids is 1. The van der Waals surface area contributed by atoms with Crippen LogP contribution in [-0.4, -0.2) is 32.7 Å². The summed E-state index contributed by atoms with van der Waals surface area (Å²) in [4.78, 5) is 14.4. The SMILES string of the molecule is CCOc1ccc(C(=O)NCCCN(C)c2ccccc2)cc1C. The summed E-state index contributed by atoms with van der Waals surface area (Å²) < 4.78 is 5.50. The number of hydrogen-bond donors (Lipinski definition) is 1. The summed E-state index contributed by atoms with van der Waals surface area (Å²) in [6, 6.07) is 15.8. The molecule has 1 N–H and O–H groups in total. The number of aryl methyl sites for hydroxylation is 1. The lowest BCUT2D eigenvalue weighted by atomic mass is 10.1. The zero-order valence-electron chi connectivity index (χ0n) is 14.7. The molecule has 0 saturated heterocycles. The summed E-state index contributed by atoms with van der Waals surface area (Å²) in [5.41, 5.74) is 2.84. The van der Waals surface area contributed by atoms with Crippen LogP contribution in [0.5, 0.6) is 5.75 Å². The first kappa shape index (κ1) is 17.9. The minimum absolute atomic E-state index is 0.0384. The van der Waals surface area contributed by atoms with Crippen LogP contribution in [0.3, 0.4) is 0 Å². The van der Waals surface area contributed by atoms with Gasteiger partial charge in [-0.15, -0.1) is 0 Å². The highest BCUT2D eigenvalue weighted by atomic mass is 16.5. The Balaban J connectivity index is 1.78. The van der Waals surface area contributed by atoms with Gasteiger partial charge in [-0.1, -0.05) is 18.2 Å². The molecule has 0 bridgehead atoms. The van der Waals surface area contributed by atoms with E-state index in [2.05, 4.69) is 29.4 Å². The van der Waals surface area contributed by atoms with Crippen LogP contribution in [0.4, 0.5) is 5.69 Å². The Morgan fingerprint density at radius 3 is 2.58 bits per heavy atom. The van der Waals surface area contributed by atoms with Crippen molar-refractivity contribution < 1.29 is 9.53 Å². The maximum Gasteiger partial charge on any atom is 0.251 e. The Hall–Kier alpha value is -2.49. The first-order chi connectivity index (χ1) is 11.6. The Bertz CT molecular complexity index is 656. The summed E-state index contributed by atoms with van der Waals surface area (Å²) in [5, 5.41) is 2.98. The van der Waals surface area contributed by atoms with Gasteiger partial charge in [-0.05, 0) is 56.2 Å². The number of anilines is 1. The van der Waals surface area contributed by atoms with Crippen molar-refractivity contribution in [3.05, 3.63) is 59.7 Å². The normalized spacial score (nSPS) is 10.3. The zero-order valence-corrected chi connectivity index (χ0v) is 14.7. The van der Waals surface area contributed by atoms with Crippen LogP contribution in [0.1, 0.15) is 29.3 Å². The fourth-order valence-corrected chi connectivity index (χ4v) is 2.54. The van der Waals surface area contributed by atoms with E-state index >= 15 is 0 Å². The summed E-state index contributed by atoms with van der Waals surface area (Å²) in [6.07, 6.45) is 0.896. The van der Waals surface area contributed by atoms with Gasteiger partial charge in [0, 0.05) is 31.4 Å². The van der Waals surface area contributed by atoms with E-state index in [9.17, 15) is 4.79 Å². The lowest BCUT2D eigenvalue weighted by molar-refractivity contribution is 0.0953. The zero-order chi connectivity index (χ0) is 17.4. The van der Waals surface area contributed by atoms with Crippen LogP contribution in [-0.2, 0) is 0 Å². The average molecular weight is 326 g/mol. The van der Waals surface area contributed by atoms with Crippen molar-refractivity contribution >= 4 is 11.6 Å². The number of benzene rings is 2. The van der Waals surface area contributed by atoms with E-state index in [0.717, 1.165) is 24.3 Å². The summed E-state index contributed by atoms with van der Waals surface area (Å²) in [5.74, 6) is 0.794. The third-order valence-electron chi connectivity index (χ3n) is 3.89. The number of carbonyl (C=O) groups is 1. The van der Waals surface area contributed by atoms with Gasteiger partial charge in [0.2, 0.25) is 0 Å². The molecule has 0 heterocycles. The van der Waals surface area contributed by atoms with Crippen LogP contribution in [0.15, 0.2) is 48.5 Å². The monoisotopic (exact) mass is 326 g/mol. The molecule has 2 aromatic carbocycles. The third kappa shape index (κ3) is 5.01. The number of ether oxygens (including phenoxy) is 1. The topological polar surface area (TPSA) is 41.6 Å². The fraction of sp³-hybridized carbons (Fsp3) is 0.350. The maximum atomic E-state index is 12.2. The molecular weight excluding hydrogens is 300 g/mol. The smallest absolute Gasteiger partial charge is 0.251 e. The van der Waals surface area contributed by atoms with E-state index in [4.69, 9.17) is 4.74 Å². The maximum absolute atomic E-state index is 12.2. The predicted molar refractivity (Wildman–Crippen MR) is 99.0 cm³/mol. The van der Waals surface area contributed by atoms with Crippen LogP contribution in [0, 0.1) is 6.92 Å². The van der Waals surface area contributed by atoms with Gasteiger partial charge in [-0.25, -0.2) is 0 Å². The van der Waals surface area contributed by atoms with Crippen molar-refractivity contribution in [1.82, 2.24) is 5.32 Å². The molecule has 0 radical (unpaired) electrons. The number of nitrogens with zero attached hydrogens (tertiary/aromatic N) is 1. The van der Waals surface area contributed by atoms with E-state index in [-0.39, 0.29) is 5.91 Å². The minimum atomic E-state index is -0.0384. The molecule has 0 aromatic heterocycles. The molecular formula is C20H26N2O2. The predicted octanol–water partition coefficient (Wildman–Crippen LogP) is 3.65. The van der Waals surface area contributed by atoms with Gasteiger partial charge in [0.15, 0.2) is 0 Å². The van der Waals surface area contributed by atoms with Crippen molar-refractivity contribution in [1.29, 1.82) is 0 Å². The highest BCUT2D eigenvalue weighted by molar-refractivity contribution is 5.94. The van der Waals surface area contributed by atoms with Gasteiger partial charge < -0.3 is 15.0 Å². The number of amides is 1. The van der Waals surface area contributed by atoms with Crippen LogP contribution < -0.4 is 15.0 Å². The Kier molecular flexibility index (Phi) is 6.67. The molecule has 0 aliphatic heterocycles. The number of rotatable bonds is 8. The molecule has 0 atom stereocenters. The summed E-state index contributed by atoms with van der Waals surface area (Å²) >= 11 is 0. The molecule has 1 amide bonds. The first-order valence-electron chi connectivity index (χ1n) is 8.39. The molecule has 2 rings (SSSR count). The first-order valence-corrected chi connectivity index (χ1v) is 8.39. The van der Waals surface area contributed by atoms with Crippen molar-refractivity contribution in [2.75, 3.05) is 31.6 Å². The fourth-order valence-electron chi connectivity index (χ4n) is 2.54. The second-order valence-corrected chi connectivity index (χ2v) is 5.78. The van der Waals surface area contributed by atoms with Crippen LogP contribution in [0.2, 0.25) is 0 Å². The second-order valence-electron chi connectivity index (χ2n) is 5.78. The van der Waals surface area contributed by atoms with Crippen molar-refractivity contribution in [3.63, 3.8) is 0 Å². The van der Waals surface area contributed by atoms with Gasteiger partial charge >= 0.3 is 0 Å². The summed E-state index contributed by atoms with van der Waals surface area (Å²) in [7, 11) is 2.06. The molecule has 4 heteroatoms. The van der Waals surface area contributed by atoms with Crippen LogP contribution in [0.25, 0.3) is 0 Å². The molecule has 0 saturated carbocycles. The van der Waals surface area contributed by atoms with E-state index in [0.29, 0.717) is 18.7 Å². The Morgan fingerprint density at radius 2 is 1.92 bits per heavy atom. The largest absolute Gasteiger partial charge is 0.494 e. The molecule has 128 valence electrons. The van der Waals surface area contributed by atoms with Gasteiger partial charge in [0.1, 0.15) is 5.75 Å². The molecule has 2 aromatic rings. The quantitative estimate of drug-likeness (QED) is 0.753. The van der Waals surface area contributed by atoms with Crippen molar-refractivity contribution in [2.24, 2.45) is 0 Å². The van der Waals surface area contributed by atoms with Gasteiger partial charge in [-0.2, -0.15) is 0 Å². The number of hydrogen-bond acceptors (Lipinski definition) is 3. The molecule has 0 fully saturated rings. The Morgan fingerprint density at radius 1 is 1.17 bits per heavy atom. The summed E-state index contributed by atoms with van der Waals surface area (Å²) in [6.45, 7) is 6.08. The van der Waals surface area contributed by atoms with Crippen molar-refractivity contribution in [3.8, 4) is 5.75 Å². The number of para-hydroxylation sites is 1. The molecule has 0 unspecified atom stereocenters. The molecule has 4 nitrogen and oxygen atoms in total. The second kappa shape index (κ2) is 8.96. The van der Waals surface area contributed by atoms with Crippen molar-refractivity contribution in [2.45, 2.75) is 20.3 Å². The highest BCUT2D eigenvalue weighted by Crippen LogP contribution is 2.19. The van der Waals surface area contributed by atoms with Crippen LogP contribution >= 0.6 is 0 Å². The Labute approximate surface area is 144 Å². The van der Waals surface area contributed by atoms with E-state index < -0.39 is 0 Å². The van der Waals surface area contributed by atoms with E-state index in [1.54, 1.807) is 0 Å². The number of nitrogens with one attached hydrogen (secondary N) is 1. The third-order valence-corrected chi connectivity index (χ3v) is 3.89. The standard InChI is InChI=1S/C20H26N2O2/c1-4-24-19-12-11-17(15-16(19)2)20(23)21-13-8-14-22(3)18-9-6-5-7-10-18/h5-7,9-12,15H,4,8,13-14H2,1-3H3,(H,21,23). The minimum Gasteiger partial charge on any atom is -0.494 e. The molecule has 0 aliphatic carbocycles. The molecule has 0 aliphatic rings. The average Bonchev–Trinajstić information content (AvgIpc) is 2.61. The lowest BCUT2D eigenvalue weighted by Crippen LogP contribution is -2.28. The van der Waals surface area contributed by atoms with E-state index in [1.807, 2.05) is 50.2 Å². The van der Waals surface area contributed by atoms with Gasteiger partial charge in [0.25, 0.3) is 5.91 Å². The van der Waals surface area contributed by atoms with Gasteiger partial charge in [0.05, 0.1) is 6.61 Å².